The van der Waals surface area contributed by atoms with Crippen molar-refractivity contribution >= 4 is 29.4 Å². The molecule has 0 aliphatic carbocycles. The molecule has 2 aromatic rings. The number of carbonyl (C=O) groups is 3. The van der Waals surface area contributed by atoms with Gasteiger partial charge in [-0.2, -0.15) is 0 Å². The largest absolute Gasteiger partial charge is 0.449 e. The number of rotatable bonds is 6. The van der Waals surface area contributed by atoms with Crippen LogP contribution in [-0.2, 0) is 14.3 Å². The molecule has 2 aromatic carbocycles. The Morgan fingerprint density at radius 2 is 1.85 bits per heavy atom. The van der Waals surface area contributed by atoms with Crippen molar-refractivity contribution < 1.29 is 23.5 Å². The van der Waals surface area contributed by atoms with Gasteiger partial charge in [-0.15, -0.1) is 0 Å². The van der Waals surface area contributed by atoms with E-state index in [1.165, 1.54) is 38.1 Å². The summed E-state index contributed by atoms with van der Waals surface area (Å²) in [4.78, 5) is 35.2. The molecule has 5 nitrogen and oxygen atoms in total. The van der Waals surface area contributed by atoms with Crippen molar-refractivity contribution in [1.82, 2.24) is 0 Å². The molecule has 1 atom stereocenters. The van der Waals surface area contributed by atoms with Gasteiger partial charge in [0, 0.05) is 17.3 Å². The molecule has 0 fully saturated rings. The van der Waals surface area contributed by atoms with E-state index >= 15 is 0 Å². The molecule has 0 aromatic heterocycles. The second-order valence-corrected chi connectivity index (χ2v) is 5.59. The molecule has 1 amide bonds. The summed E-state index contributed by atoms with van der Waals surface area (Å²) in [6, 6.07) is 12.2. The standard InChI is InChI=1S/C20H18FNO4/c1-13(23)16-6-4-8-18(12-16)22-20(25)14(2)26-19(24)10-9-15-5-3-7-17(21)11-15/h3-12,14H,1-2H3,(H,22,25)/b10-9+/t14-/m0/s1. The van der Waals surface area contributed by atoms with Gasteiger partial charge in [-0.1, -0.05) is 24.3 Å². The maximum atomic E-state index is 13.1. The quantitative estimate of drug-likeness (QED) is 0.488. The fourth-order valence-electron chi connectivity index (χ4n) is 2.10. The fourth-order valence-corrected chi connectivity index (χ4v) is 2.10. The number of esters is 1. The molecule has 134 valence electrons. The maximum absolute atomic E-state index is 13.1. The molecule has 6 heteroatoms. The highest BCUT2D eigenvalue weighted by Gasteiger charge is 2.17. The summed E-state index contributed by atoms with van der Waals surface area (Å²) in [6.07, 6.45) is 1.47. The lowest BCUT2D eigenvalue weighted by atomic mass is 10.1. The number of carbonyl (C=O) groups excluding carboxylic acids is 3. The van der Waals surface area contributed by atoms with Gasteiger partial charge in [0.05, 0.1) is 0 Å². The van der Waals surface area contributed by atoms with Crippen molar-refractivity contribution in [3.8, 4) is 0 Å². The van der Waals surface area contributed by atoms with Crippen LogP contribution in [0.2, 0.25) is 0 Å². The Hall–Kier alpha value is -3.28. The van der Waals surface area contributed by atoms with Crippen LogP contribution in [0.15, 0.2) is 54.6 Å². The maximum Gasteiger partial charge on any atom is 0.331 e. The van der Waals surface area contributed by atoms with Gasteiger partial charge in [0.1, 0.15) is 5.82 Å². The van der Waals surface area contributed by atoms with Crippen LogP contribution >= 0.6 is 0 Å². The number of Topliss-reactive ketones (excluding diaryl/α,β-unsaturated/α-hetero) is 1. The smallest absolute Gasteiger partial charge is 0.331 e. The van der Waals surface area contributed by atoms with E-state index < -0.39 is 23.8 Å². The van der Waals surface area contributed by atoms with Crippen LogP contribution in [0.25, 0.3) is 6.08 Å². The summed E-state index contributed by atoms with van der Waals surface area (Å²) >= 11 is 0. The lowest BCUT2D eigenvalue weighted by molar-refractivity contribution is -0.148. The predicted molar refractivity (Wildman–Crippen MR) is 96.1 cm³/mol. The zero-order chi connectivity index (χ0) is 19.1. The third-order valence-electron chi connectivity index (χ3n) is 3.46. The Morgan fingerprint density at radius 1 is 1.12 bits per heavy atom. The first kappa shape index (κ1) is 19.1. The van der Waals surface area contributed by atoms with E-state index in [1.54, 1.807) is 30.3 Å². The van der Waals surface area contributed by atoms with E-state index in [-0.39, 0.29) is 5.78 Å². The van der Waals surface area contributed by atoms with Crippen molar-refractivity contribution in [2.75, 3.05) is 5.32 Å². The van der Waals surface area contributed by atoms with Crippen LogP contribution in [-0.4, -0.2) is 23.8 Å². The van der Waals surface area contributed by atoms with Crippen molar-refractivity contribution in [3.63, 3.8) is 0 Å². The Balaban J connectivity index is 1.93. The minimum Gasteiger partial charge on any atom is -0.449 e. The molecular formula is C20H18FNO4. The van der Waals surface area contributed by atoms with Crippen LogP contribution in [0.4, 0.5) is 10.1 Å². The molecular weight excluding hydrogens is 337 g/mol. The Morgan fingerprint density at radius 3 is 2.54 bits per heavy atom. The van der Waals surface area contributed by atoms with Crippen LogP contribution < -0.4 is 5.32 Å². The van der Waals surface area contributed by atoms with Crippen LogP contribution in [0.1, 0.15) is 29.8 Å². The molecule has 2 rings (SSSR count). The lowest BCUT2D eigenvalue weighted by Gasteiger charge is -2.12. The van der Waals surface area contributed by atoms with E-state index in [4.69, 9.17) is 4.74 Å². The molecule has 0 spiro atoms. The minimum absolute atomic E-state index is 0.122. The van der Waals surface area contributed by atoms with E-state index in [0.717, 1.165) is 6.08 Å². The first-order valence-electron chi connectivity index (χ1n) is 7.91. The Labute approximate surface area is 150 Å². The number of amides is 1. The molecule has 0 heterocycles. The summed E-state index contributed by atoms with van der Waals surface area (Å²) in [7, 11) is 0. The number of benzene rings is 2. The SMILES string of the molecule is CC(=O)c1cccc(NC(=O)[C@H](C)OC(=O)/C=C/c2cccc(F)c2)c1. The molecule has 0 aliphatic rings. The Kier molecular flexibility index (Phi) is 6.38. The molecule has 26 heavy (non-hydrogen) atoms. The fraction of sp³-hybridized carbons (Fsp3) is 0.150. The highest BCUT2D eigenvalue weighted by molar-refractivity contribution is 5.99. The topological polar surface area (TPSA) is 72.5 Å². The second kappa shape index (κ2) is 8.71. The highest BCUT2D eigenvalue weighted by atomic mass is 19.1. The molecule has 0 saturated carbocycles. The average molecular weight is 355 g/mol. The van der Waals surface area contributed by atoms with Crippen LogP contribution in [0, 0.1) is 5.82 Å². The normalized spacial score (nSPS) is 11.8. The monoisotopic (exact) mass is 355 g/mol. The van der Waals surface area contributed by atoms with Crippen LogP contribution in [0.3, 0.4) is 0 Å². The first-order chi connectivity index (χ1) is 12.3. The number of anilines is 1. The summed E-state index contributed by atoms with van der Waals surface area (Å²) in [5.74, 6) is -1.79. The number of ether oxygens (including phenoxy) is 1. The first-order valence-corrected chi connectivity index (χ1v) is 7.91. The molecule has 1 N–H and O–H groups in total. The Bertz CT molecular complexity index is 860. The van der Waals surface area contributed by atoms with E-state index in [9.17, 15) is 18.8 Å². The van der Waals surface area contributed by atoms with Crippen LogP contribution in [0.5, 0.6) is 0 Å². The van der Waals surface area contributed by atoms with Gasteiger partial charge in [0.25, 0.3) is 5.91 Å². The van der Waals surface area contributed by atoms with E-state index in [0.29, 0.717) is 16.8 Å². The number of halogens is 1. The molecule has 0 unspecified atom stereocenters. The summed E-state index contributed by atoms with van der Waals surface area (Å²) in [5.41, 5.74) is 1.39. The summed E-state index contributed by atoms with van der Waals surface area (Å²) in [5, 5.41) is 2.58. The molecule has 0 saturated heterocycles. The van der Waals surface area contributed by atoms with E-state index in [2.05, 4.69) is 5.32 Å². The highest BCUT2D eigenvalue weighted by Crippen LogP contribution is 2.12. The van der Waals surface area contributed by atoms with Gasteiger partial charge in [-0.05, 0) is 49.8 Å². The lowest BCUT2D eigenvalue weighted by Crippen LogP contribution is -2.29. The molecule has 0 bridgehead atoms. The van der Waals surface area contributed by atoms with E-state index in [1.807, 2.05) is 0 Å². The second-order valence-electron chi connectivity index (χ2n) is 5.59. The van der Waals surface area contributed by atoms with Gasteiger partial charge in [-0.25, -0.2) is 9.18 Å². The van der Waals surface area contributed by atoms with Crippen molar-refractivity contribution in [3.05, 3.63) is 71.6 Å². The third kappa shape index (κ3) is 5.66. The summed E-state index contributed by atoms with van der Waals surface area (Å²) in [6.45, 7) is 2.86. The van der Waals surface area contributed by atoms with Gasteiger partial charge >= 0.3 is 5.97 Å². The number of ketones is 1. The van der Waals surface area contributed by atoms with Gasteiger partial charge in [0.15, 0.2) is 11.9 Å². The van der Waals surface area contributed by atoms with Crippen molar-refractivity contribution in [2.24, 2.45) is 0 Å². The zero-order valence-corrected chi connectivity index (χ0v) is 14.4. The van der Waals surface area contributed by atoms with Gasteiger partial charge in [0.2, 0.25) is 0 Å². The van der Waals surface area contributed by atoms with Gasteiger partial charge in [-0.3, -0.25) is 9.59 Å². The molecule has 0 radical (unpaired) electrons. The van der Waals surface area contributed by atoms with Crippen molar-refractivity contribution in [2.45, 2.75) is 20.0 Å². The minimum atomic E-state index is -1.04. The average Bonchev–Trinajstić information content (AvgIpc) is 2.60. The zero-order valence-electron chi connectivity index (χ0n) is 14.4. The number of hydrogen-bond acceptors (Lipinski definition) is 4. The van der Waals surface area contributed by atoms with Crippen molar-refractivity contribution in [1.29, 1.82) is 0 Å². The summed E-state index contributed by atoms with van der Waals surface area (Å²) < 4.78 is 18.1. The number of nitrogens with one attached hydrogen (secondary N) is 1. The predicted octanol–water partition coefficient (Wildman–Crippen LogP) is 3.61. The number of hydrogen-bond donors (Lipinski definition) is 1. The van der Waals surface area contributed by atoms with Gasteiger partial charge < -0.3 is 10.1 Å². The molecule has 0 aliphatic heterocycles. The third-order valence-corrected chi connectivity index (χ3v) is 3.46.